The van der Waals surface area contributed by atoms with Crippen LogP contribution in [0.5, 0.6) is 0 Å². The van der Waals surface area contributed by atoms with Crippen LogP contribution in [0.25, 0.3) is 0 Å². The monoisotopic (exact) mass is 290 g/mol. The van der Waals surface area contributed by atoms with Crippen LogP contribution in [0.15, 0.2) is 18.2 Å². The quantitative estimate of drug-likeness (QED) is 0.809. The van der Waals surface area contributed by atoms with Crippen LogP contribution in [0.4, 0.5) is 5.69 Å². The zero-order valence-electron chi connectivity index (χ0n) is 12.8. The normalized spacial score (nSPS) is 21.2. The molecule has 0 aliphatic heterocycles. The van der Waals surface area contributed by atoms with Crippen LogP contribution in [-0.4, -0.2) is 6.04 Å². The largest absolute Gasteiger partial charge is 0.382 e. The number of benzene rings is 1. The second-order valence-electron chi connectivity index (χ2n) is 7.56. The molecule has 2 nitrogen and oxygen atoms in total. The van der Waals surface area contributed by atoms with Gasteiger partial charge >= 0.3 is 0 Å². The average Bonchev–Trinajstić information content (AvgIpc) is 2.24. The first-order chi connectivity index (χ1) is 9.21. The fraction of sp³-hybridized carbons (Fsp3) is 0.588. The summed E-state index contributed by atoms with van der Waals surface area (Å²) in [7, 11) is 0. The third-order valence-corrected chi connectivity index (χ3v) is 4.33. The number of hydrogen-bond donors (Lipinski definition) is 1. The minimum Gasteiger partial charge on any atom is -0.382 e. The average molecular weight is 291 g/mol. The lowest BCUT2D eigenvalue weighted by atomic mass is 9.63. The molecule has 1 aliphatic carbocycles. The predicted molar refractivity (Wildman–Crippen MR) is 85.0 cm³/mol. The summed E-state index contributed by atoms with van der Waals surface area (Å²) in [5.74, 6) is 0. The number of nitrogens with zero attached hydrogens (tertiary/aromatic N) is 1. The Morgan fingerprint density at radius 1 is 1.20 bits per heavy atom. The summed E-state index contributed by atoms with van der Waals surface area (Å²) in [6.07, 6.45) is 3.58. The van der Waals surface area contributed by atoms with Gasteiger partial charge in [0.15, 0.2) is 0 Å². The lowest BCUT2D eigenvalue weighted by Crippen LogP contribution is -2.40. The summed E-state index contributed by atoms with van der Waals surface area (Å²) in [5, 5.41) is 13.0. The van der Waals surface area contributed by atoms with E-state index < -0.39 is 0 Å². The van der Waals surface area contributed by atoms with Crippen LogP contribution in [-0.2, 0) is 0 Å². The van der Waals surface area contributed by atoms with Crippen molar-refractivity contribution in [1.29, 1.82) is 5.26 Å². The molecule has 1 aromatic carbocycles. The van der Waals surface area contributed by atoms with E-state index in [0.717, 1.165) is 18.5 Å². The molecule has 0 heterocycles. The molecule has 0 atom stereocenters. The van der Waals surface area contributed by atoms with Gasteiger partial charge in [-0.3, -0.25) is 0 Å². The van der Waals surface area contributed by atoms with Crippen molar-refractivity contribution in [2.24, 2.45) is 10.8 Å². The van der Waals surface area contributed by atoms with E-state index in [-0.39, 0.29) is 0 Å². The Kier molecular flexibility index (Phi) is 4.02. The molecule has 0 saturated heterocycles. The summed E-state index contributed by atoms with van der Waals surface area (Å²) in [6.45, 7) is 9.37. The van der Waals surface area contributed by atoms with E-state index in [1.807, 2.05) is 12.1 Å². The number of nitriles is 1. The molecule has 1 aliphatic rings. The highest BCUT2D eigenvalue weighted by atomic mass is 35.5. The van der Waals surface area contributed by atoms with Gasteiger partial charge in [0.05, 0.1) is 10.6 Å². The van der Waals surface area contributed by atoms with E-state index in [1.54, 1.807) is 6.07 Å². The van der Waals surface area contributed by atoms with Crippen LogP contribution in [0.1, 0.15) is 52.5 Å². The molecule has 108 valence electrons. The molecule has 0 bridgehead atoms. The predicted octanol–water partition coefficient (Wildman–Crippen LogP) is 5.23. The van der Waals surface area contributed by atoms with Gasteiger partial charge in [-0.05, 0) is 48.3 Å². The highest BCUT2D eigenvalue weighted by molar-refractivity contribution is 6.32. The van der Waals surface area contributed by atoms with Crippen LogP contribution in [0.3, 0.4) is 0 Å². The van der Waals surface area contributed by atoms with E-state index in [9.17, 15) is 0 Å². The zero-order valence-corrected chi connectivity index (χ0v) is 13.5. The number of rotatable bonds is 2. The minimum atomic E-state index is 0.357. The maximum Gasteiger partial charge on any atom is 0.101 e. The lowest BCUT2D eigenvalue weighted by Gasteiger charge is -2.45. The molecule has 2 rings (SSSR count). The van der Waals surface area contributed by atoms with Crippen LogP contribution in [0.2, 0.25) is 5.02 Å². The minimum absolute atomic E-state index is 0.357. The van der Waals surface area contributed by atoms with E-state index >= 15 is 0 Å². The van der Waals surface area contributed by atoms with Gasteiger partial charge in [0, 0.05) is 11.7 Å². The highest BCUT2D eigenvalue weighted by Crippen LogP contribution is 2.46. The summed E-state index contributed by atoms with van der Waals surface area (Å²) < 4.78 is 0. The molecule has 3 heteroatoms. The number of halogens is 1. The van der Waals surface area contributed by atoms with Gasteiger partial charge in [-0.15, -0.1) is 0 Å². The van der Waals surface area contributed by atoms with Crippen LogP contribution >= 0.6 is 11.6 Å². The molecule has 0 radical (unpaired) electrons. The van der Waals surface area contributed by atoms with Crippen molar-refractivity contribution < 1.29 is 0 Å². The van der Waals surface area contributed by atoms with Gasteiger partial charge < -0.3 is 5.32 Å². The Morgan fingerprint density at radius 3 is 2.30 bits per heavy atom. The number of hydrogen-bond acceptors (Lipinski definition) is 2. The van der Waals surface area contributed by atoms with Gasteiger partial charge in [0.2, 0.25) is 0 Å². The summed E-state index contributed by atoms with van der Waals surface area (Å²) in [4.78, 5) is 0. The Balaban J connectivity index is 2.14. The summed E-state index contributed by atoms with van der Waals surface area (Å²) >= 11 is 6.10. The molecular formula is C17H23ClN2. The highest BCUT2D eigenvalue weighted by Gasteiger charge is 2.38. The molecule has 1 aromatic rings. The molecular weight excluding hydrogens is 268 g/mol. The SMILES string of the molecule is CC1(C)CC(Nc2ccc(C#N)c(Cl)c2)CC(C)(C)C1. The van der Waals surface area contributed by atoms with Gasteiger partial charge in [0.25, 0.3) is 0 Å². The fourth-order valence-corrected chi connectivity index (χ4v) is 4.10. The van der Waals surface area contributed by atoms with Crippen LogP contribution in [0, 0.1) is 22.2 Å². The van der Waals surface area contributed by atoms with Gasteiger partial charge in [-0.25, -0.2) is 0 Å². The molecule has 0 aromatic heterocycles. The first-order valence-electron chi connectivity index (χ1n) is 7.17. The molecule has 0 spiro atoms. The maximum atomic E-state index is 8.91. The van der Waals surface area contributed by atoms with Gasteiger partial charge in [-0.2, -0.15) is 5.26 Å². The Bertz CT molecular complexity index is 524. The van der Waals surface area contributed by atoms with Gasteiger partial charge in [0.1, 0.15) is 6.07 Å². The van der Waals surface area contributed by atoms with Crippen molar-refractivity contribution in [2.75, 3.05) is 5.32 Å². The molecule has 0 unspecified atom stereocenters. The second-order valence-corrected chi connectivity index (χ2v) is 7.97. The van der Waals surface area contributed by atoms with Gasteiger partial charge in [-0.1, -0.05) is 39.3 Å². The topological polar surface area (TPSA) is 35.8 Å². The Morgan fingerprint density at radius 2 is 1.80 bits per heavy atom. The molecule has 1 N–H and O–H groups in total. The summed E-state index contributed by atoms with van der Waals surface area (Å²) in [6, 6.07) is 8.13. The standard InChI is InChI=1S/C17H23ClN2/c1-16(2)8-14(9-17(3,4)11-16)20-13-6-5-12(10-19)15(18)7-13/h5-7,14,20H,8-9,11H2,1-4H3. The molecule has 0 amide bonds. The lowest BCUT2D eigenvalue weighted by molar-refractivity contribution is 0.105. The van der Waals surface area contributed by atoms with Crippen molar-refractivity contribution in [3.8, 4) is 6.07 Å². The second kappa shape index (κ2) is 5.30. The van der Waals surface area contributed by atoms with E-state index in [1.165, 1.54) is 6.42 Å². The fourth-order valence-electron chi connectivity index (χ4n) is 3.88. The number of anilines is 1. The van der Waals surface area contributed by atoms with Crippen molar-refractivity contribution in [1.82, 2.24) is 0 Å². The smallest absolute Gasteiger partial charge is 0.101 e. The molecule has 1 fully saturated rings. The molecule has 1 saturated carbocycles. The Hall–Kier alpha value is -1.20. The van der Waals surface area contributed by atoms with Crippen molar-refractivity contribution in [3.63, 3.8) is 0 Å². The van der Waals surface area contributed by atoms with Crippen molar-refractivity contribution in [3.05, 3.63) is 28.8 Å². The first kappa shape index (κ1) is 15.2. The Labute approximate surface area is 127 Å². The summed E-state index contributed by atoms with van der Waals surface area (Å²) in [5.41, 5.74) is 2.25. The maximum absolute atomic E-state index is 8.91. The van der Waals surface area contributed by atoms with Crippen molar-refractivity contribution in [2.45, 2.75) is 53.0 Å². The van der Waals surface area contributed by atoms with E-state index in [0.29, 0.717) is 27.5 Å². The van der Waals surface area contributed by atoms with Crippen molar-refractivity contribution >= 4 is 17.3 Å². The number of nitrogens with one attached hydrogen (secondary N) is 1. The van der Waals surface area contributed by atoms with E-state index in [2.05, 4.69) is 39.1 Å². The van der Waals surface area contributed by atoms with Crippen LogP contribution < -0.4 is 5.32 Å². The van der Waals surface area contributed by atoms with E-state index in [4.69, 9.17) is 16.9 Å². The third-order valence-electron chi connectivity index (χ3n) is 4.02. The zero-order chi connectivity index (χ0) is 15.0. The first-order valence-corrected chi connectivity index (χ1v) is 7.55. The third kappa shape index (κ3) is 3.67. The molecule has 20 heavy (non-hydrogen) atoms.